The van der Waals surface area contributed by atoms with Gasteiger partial charge in [0.15, 0.2) is 5.69 Å². The van der Waals surface area contributed by atoms with Gasteiger partial charge in [-0.3, -0.25) is 14.9 Å². The van der Waals surface area contributed by atoms with Crippen molar-refractivity contribution < 1.29 is 9.53 Å². The van der Waals surface area contributed by atoms with E-state index >= 15 is 0 Å². The number of H-pyrrole nitrogens is 1. The maximum atomic E-state index is 12.8. The molecule has 132 valence electrons. The average molecular weight is 341 g/mol. The normalized spacial score (nSPS) is 18.2. The number of piperidine rings is 1. The second kappa shape index (κ2) is 7.33. The van der Waals surface area contributed by atoms with Crippen LogP contribution in [0.5, 0.6) is 0 Å². The van der Waals surface area contributed by atoms with Crippen molar-refractivity contribution in [2.75, 3.05) is 19.6 Å². The van der Waals surface area contributed by atoms with Crippen LogP contribution in [0.1, 0.15) is 40.2 Å². The minimum absolute atomic E-state index is 0.0464. The number of hydrogen-bond donors (Lipinski definition) is 2. The molecule has 4 heterocycles. The molecule has 2 aliphatic rings. The van der Waals surface area contributed by atoms with Crippen LogP contribution in [-0.2, 0) is 24.3 Å². The van der Waals surface area contributed by atoms with Gasteiger partial charge in [-0.05, 0) is 37.4 Å². The number of likely N-dealkylation sites (tertiary alicyclic amines) is 1. The van der Waals surface area contributed by atoms with Gasteiger partial charge in [0.25, 0.3) is 5.91 Å². The first-order valence-electron chi connectivity index (χ1n) is 8.88. The van der Waals surface area contributed by atoms with Gasteiger partial charge >= 0.3 is 0 Å². The van der Waals surface area contributed by atoms with Crippen molar-refractivity contribution in [3.63, 3.8) is 0 Å². The topological polar surface area (TPSA) is 83.1 Å². The number of nitrogens with one attached hydrogen (secondary N) is 2. The maximum absolute atomic E-state index is 12.8. The molecule has 0 radical (unpaired) electrons. The zero-order valence-corrected chi connectivity index (χ0v) is 14.2. The maximum Gasteiger partial charge on any atom is 0.274 e. The lowest BCUT2D eigenvalue weighted by molar-refractivity contribution is -0.000621. The molecule has 4 rings (SSSR count). The van der Waals surface area contributed by atoms with E-state index in [1.165, 1.54) is 0 Å². The molecule has 1 saturated heterocycles. The summed E-state index contributed by atoms with van der Waals surface area (Å²) in [6.07, 6.45) is 6.37. The molecule has 7 heteroatoms. The van der Waals surface area contributed by atoms with Crippen LogP contribution >= 0.6 is 0 Å². The van der Waals surface area contributed by atoms with Gasteiger partial charge in [0.05, 0.1) is 18.4 Å². The molecular formula is C18H23N5O2. The van der Waals surface area contributed by atoms with Gasteiger partial charge in [-0.2, -0.15) is 5.10 Å². The monoisotopic (exact) mass is 341 g/mol. The number of fused-ring (bicyclic) bond motifs is 1. The predicted molar refractivity (Wildman–Crippen MR) is 91.9 cm³/mol. The lowest BCUT2D eigenvalue weighted by Gasteiger charge is -2.31. The Labute approximate surface area is 146 Å². The number of carbonyl (C=O) groups excluding carboxylic acids is 1. The summed E-state index contributed by atoms with van der Waals surface area (Å²) < 4.78 is 5.97. The molecule has 1 fully saturated rings. The van der Waals surface area contributed by atoms with Crippen molar-refractivity contribution in [1.82, 2.24) is 25.4 Å². The van der Waals surface area contributed by atoms with Gasteiger partial charge in [0.1, 0.15) is 0 Å². The number of aromatic nitrogens is 3. The quantitative estimate of drug-likeness (QED) is 0.875. The first kappa shape index (κ1) is 16.2. The fourth-order valence-corrected chi connectivity index (χ4v) is 3.49. The lowest BCUT2D eigenvalue weighted by atomic mass is 10.0. The van der Waals surface area contributed by atoms with Crippen LogP contribution in [0, 0.1) is 0 Å². The van der Waals surface area contributed by atoms with Crippen LogP contribution in [0.3, 0.4) is 0 Å². The fourth-order valence-electron chi connectivity index (χ4n) is 3.49. The van der Waals surface area contributed by atoms with Crippen molar-refractivity contribution in [2.24, 2.45) is 0 Å². The molecule has 0 spiro atoms. The number of pyridine rings is 1. The molecule has 0 bridgehead atoms. The number of carbonyl (C=O) groups is 1. The van der Waals surface area contributed by atoms with E-state index in [1.807, 2.05) is 23.2 Å². The highest BCUT2D eigenvalue weighted by molar-refractivity contribution is 5.94. The summed E-state index contributed by atoms with van der Waals surface area (Å²) in [5.41, 5.74) is 3.81. The van der Waals surface area contributed by atoms with E-state index in [0.717, 1.165) is 62.3 Å². The Morgan fingerprint density at radius 3 is 3.04 bits per heavy atom. The molecule has 0 aromatic carbocycles. The highest BCUT2D eigenvalue weighted by Gasteiger charge is 2.28. The summed E-state index contributed by atoms with van der Waals surface area (Å²) in [7, 11) is 0. The third kappa shape index (κ3) is 3.57. The molecule has 2 N–H and O–H groups in total. The van der Waals surface area contributed by atoms with Crippen molar-refractivity contribution in [3.8, 4) is 0 Å². The second-order valence-electron chi connectivity index (χ2n) is 6.62. The minimum Gasteiger partial charge on any atom is -0.373 e. The number of hydrogen-bond acceptors (Lipinski definition) is 5. The molecule has 2 aromatic heterocycles. The largest absolute Gasteiger partial charge is 0.373 e. The molecule has 2 aliphatic heterocycles. The smallest absolute Gasteiger partial charge is 0.274 e. The molecule has 0 unspecified atom stereocenters. The first-order valence-corrected chi connectivity index (χ1v) is 8.88. The summed E-state index contributed by atoms with van der Waals surface area (Å²) in [5.74, 6) is 0.0464. The van der Waals surface area contributed by atoms with E-state index in [4.69, 9.17) is 4.74 Å². The van der Waals surface area contributed by atoms with E-state index in [9.17, 15) is 4.79 Å². The number of nitrogens with zero attached hydrogens (tertiary/aromatic N) is 3. The lowest BCUT2D eigenvalue weighted by Crippen LogP contribution is -2.41. The minimum atomic E-state index is 0.0464. The summed E-state index contributed by atoms with van der Waals surface area (Å²) in [6.45, 7) is 3.68. The van der Waals surface area contributed by atoms with Gasteiger partial charge in [0, 0.05) is 37.6 Å². The van der Waals surface area contributed by atoms with E-state index < -0.39 is 0 Å². The van der Waals surface area contributed by atoms with Crippen molar-refractivity contribution in [3.05, 3.63) is 47.0 Å². The van der Waals surface area contributed by atoms with Crippen molar-refractivity contribution in [1.29, 1.82) is 0 Å². The van der Waals surface area contributed by atoms with Crippen LogP contribution in [-0.4, -0.2) is 51.7 Å². The van der Waals surface area contributed by atoms with E-state index in [0.29, 0.717) is 12.3 Å². The number of amides is 1. The second-order valence-corrected chi connectivity index (χ2v) is 6.62. The molecule has 2 aromatic rings. The first-order chi connectivity index (χ1) is 12.3. The van der Waals surface area contributed by atoms with Crippen LogP contribution in [0.4, 0.5) is 0 Å². The van der Waals surface area contributed by atoms with Crippen LogP contribution in [0.2, 0.25) is 0 Å². The molecule has 0 saturated carbocycles. The summed E-state index contributed by atoms with van der Waals surface area (Å²) in [4.78, 5) is 18.8. The standard InChI is InChI=1S/C18H23N5O2/c24-18(17-15-3-7-20-11-16(15)21-22-17)23-8-4-14(5-9-23)25-12-13-2-1-6-19-10-13/h1-2,6,10,14,20H,3-5,7-9,11-12H2,(H,21,22). The Kier molecular flexibility index (Phi) is 4.76. The van der Waals surface area contributed by atoms with Crippen molar-refractivity contribution >= 4 is 5.91 Å². The fraction of sp³-hybridized carbons (Fsp3) is 0.500. The van der Waals surface area contributed by atoms with Gasteiger partial charge in [0.2, 0.25) is 0 Å². The van der Waals surface area contributed by atoms with Crippen LogP contribution < -0.4 is 5.32 Å². The van der Waals surface area contributed by atoms with Crippen LogP contribution in [0.25, 0.3) is 0 Å². The molecule has 25 heavy (non-hydrogen) atoms. The van der Waals surface area contributed by atoms with E-state index in [-0.39, 0.29) is 12.0 Å². The Hall–Kier alpha value is -2.25. The molecule has 7 nitrogen and oxygen atoms in total. The highest BCUT2D eigenvalue weighted by Crippen LogP contribution is 2.21. The van der Waals surface area contributed by atoms with Gasteiger partial charge in [-0.1, -0.05) is 6.07 Å². The van der Waals surface area contributed by atoms with E-state index in [1.54, 1.807) is 6.20 Å². The number of ether oxygens (including phenoxy) is 1. The van der Waals surface area contributed by atoms with Gasteiger partial charge in [-0.15, -0.1) is 0 Å². The zero-order chi connectivity index (χ0) is 17.1. The summed E-state index contributed by atoms with van der Waals surface area (Å²) in [6, 6.07) is 3.93. The predicted octanol–water partition coefficient (Wildman–Crippen LogP) is 1.27. The van der Waals surface area contributed by atoms with Gasteiger partial charge < -0.3 is 15.0 Å². The Morgan fingerprint density at radius 1 is 1.36 bits per heavy atom. The third-order valence-corrected chi connectivity index (χ3v) is 4.95. The summed E-state index contributed by atoms with van der Waals surface area (Å²) >= 11 is 0. The molecular weight excluding hydrogens is 318 g/mol. The number of rotatable bonds is 4. The van der Waals surface area contributed by atoms with Crippen LogP contribution in [0.15, 0.2) is 24.5 Å². The highest BCUT2D eigenvalue weighted by atomic mass is 16.5. The number of aromatic amines is 1. The average Bonchev–Trinajstić information content (AvgIpc) is 3.11. The molecule has 0 atom stereocenters. The SMILES string of the molecule is O=C(c1n[nH]c2c1CCNC2)N1CCC(OCc2cccnc2)CC1. The Morgan fingerprint density at radius 2 is 2.24 bits per heavy atom. The van der Waals surface area contributed by atoms with E-state index in [2.05, 4.69) is 20.5 Å². The third-order valence-electron chi connectivity index (χ3n) is 4.95. The molecule has 0 aliphatic carbocycles. The zero-order valence-electron chi connectivity index (χ0n) is 14.2. The molecule has 1 amide bonds. The van der Waals surface area contributed by atoms with Gasteiger partial charge in [-0.25, -0.2) is 0 Å². The Bertz CT molecular complexity index is 722. The van der Waals surface area contributed by atoms with Crippen molar-refractivity contribution in [2.45, 2.75) is 38.5 Å². The summed E-state index contributed by atoms with van der Waals surface area (Å²) in [5, 5.41) is 10.6. The Balaban J connectivity index is 1.31.